The lowest BCUT2D eigenvalue weighted by atomic mass is 10.3. The van der Waals surface area contributed by atoms with Crippen molar-refractivity contribution >= 4 is 30.0 Å². The Morgan fingerprint density at radius 3 is 2.42 bits per heavy atom. The first-order valence-electron chi connectivity index (χ1n) is 5.69. The summed E-state index contributed by atoms with van der Waals surface area (Å²) in [7, 11) is 1.66. The van der Waals surface area contributed by atoms with Crippen LogP contribution in [0.15, 0.2) is 53.4 Å². The first-order chi connectivity index (χ1) is 9.08. The van der Waals surface area contributed by atoms with Crippen LogP contribution in [-0.4, -0.2) is 18.2 Å². The molecule has 5 heteroatoms. The number of amides is 2. The number of benzene rings is 2. The van der Waals surface area contributed by atoms with Gasteiger partial charge in [0.25, 0.3) is 0 Å². The molecule has 4 nitrogen and oxygen atoms in total. The van der Waals surface area contributed by atoms with Crippen molar-refractivity contribution in [2.75, 3.05) is 17.3 Å². The molecule has 2 amide bonds. The van der Waals surface area contributed by atoms with Crippen LogP contribution in [0.3, 0.4) is 0 Å². The lowest BCUT2D eigenvalue weighted by molar-refractivity contribution is 0.258. The number of hydrogen-bond acceptors (Lipinski definition) is 3. The second-order valence-electron chi connectivity index (χ2n) is 4.02. The van der Waals surface area contributed by atoms with E-state index in [2.05, 4.69) is 17.9 Å². The molecule has 0 aromatic heterocycles. The molecule has 0 fully saturated rings. The Hall–Kier alpha value is -2.14. The topological polar surface area (TPSA) is 52.6 Å². The van der Waals surface area contributed by atoms with E-state index in [9.17, 15) is 9.90 Å². The molecule has 0 heterocycles. The fourth-order valence-corrected chi connectivity index (χ4v) is 1.79. The van der Waals surface area contributed by atoms with Gasteiger partial charge in [-0.15, -0.1) is 12.6 Å². The van der Waals surface area contributed by atoms with Crippen LogP contribution in [0.4, 0.5) is 16.2 Å². The second-order valence-corrected chi connectivity index (χ2v) is 4.50. The Labute approximate surface area is 117 Å². The molecule has 0 aliphatic rings. The largest absolute Gasteiger partial charge is 0.508 e. The molecular weight excluding hydrogens is 260 g/mol. The van der Waals surface area contributed by atoms with E-state index in [1.807, 2.05) is 12.1 Å². The smallest absolute Gasteiger partial charge is 0.326 e. The fraction of sp³-hybridized carbons (Fsp3) is 0.0714. The molecular formula is C14H14N2O2S. The van der Waals surface area contributed by atoms with Gasteiger partial charge >= 0.3 is 6.03 Å². The number of thiol groups is 1. The summed E-state index contributed by atoms with van der Waals surface area (Å²) in [5.41, 5.74) is 1.34. The normalized spacial score (nSPS) is 10.0. The van der Waals surface area contributed by atoms with Crippen molar-refractivity contribution in [1.82, 2.24) is 0 Å². The van der Waals surface area contributed by atoms with Crippen molar-refractivity contribution in [2.24, 2.45) is 0 Å². The Kier molecular flexibility index (Phi) is 3.97. The number of carbonyl (C=O) groups is 1. The number of urea groups is 1. The summed E-state index contributed by atoms with van der Waals surface area (Å²) in [5.74, 6) is 0.165. The summed E-state index contributed by atoms with van der Waals surface area (Å²) in [6, 6.07) is 13.4. The third kappa shape index (κ3) is 3.20. The third-order valence-corrected chi connectivity index (χ3v) is 3.08. The van der Waals surface area contributed by atoms with Crippen molar-refractivity contribution in [3.05, 3.63) is 48.5 Å². The number of nitrogens with zero attached hydrogens (tertiary/aromatic N) is 1. The van der Waals surface area contributed by atoms with Crippen LogP contribution in [0.1, 0.15) is 0 Å². The maximum absolute atomic E-state index is 12.1. The van der Waals surface area contributed by atoms with Crippen LogP contribution in [-0.2, 0) is 0 Å². The average molecular weight is 274 g/mol. The number of phenolic OH excluding ortho intramolecular Hbond substituents is 1. The van der Waals surface area contributed by atoms with Crippen LogP contribution in [0.5, 0.6) is 5.75 Å². The quantitative estimate of drug-likeness (QED) is 0.736. The molecule has 2 aromatic carbocycles. The highest BCUT2D eigenvalue weighted by Gasteiger charge is 2.11. The number of phenols is 1. The zero-order valence-corrected chi connectivity index (χ0v) is 11.3. The van der Waals surface area contributed by atoms with Crippen molar-refractivity contribution in [3.63, 3.8) is 0 Å². The molecule has 2 aromatic rings. The summed E-state index contributed by atoms with van der Waals surface area (Å²) in [6.45, 7) is 0. The Balaban J connectivity index is 2.12. The number of carbonyl (C=O) groups excluding carboxylic acids is 1. The van der Waals surface area contributed by atoms with Gasteiger partial charge < -0.3 is 10.4 Å². The maximum atomic E-state index is 12.1. The highest BCUT2D eigenvalue weighted by atomic mass is 32.1. The number of nitrogens with one attached hydrogen (secondary N) is 1. The summed E-state index contributed by atoms with van der Waals surface area (Å²) in [4.78, 5) is 14.2. The number of hydrogen-bond donors (Lipinski definition) is 3. The van der Waals surface area contributed by atoms with E-state index in [1.54, 1.807) is 31.3 Å². The molecule has 19 heavy (non-hydrogen) atoms. The van der Waals surface area contributed by atoms with Gasteiger partial charge in [-0.05, 0) is 36.4 Å². The van der Waals surface area contributed by atoms with Gasteiger partial charge in [-0.3, -0.25) is 4.90 Å². The first-order valence-corrected chi connectivity index (χ1v) is 6.14. The minimum absolute atomic E-state index is 0.165. The molecule has 2 N–H and O–H groups in total. The second kappa shape index (κ2) is 5.67. The summed E-state index contributed by atoms with van der Waals surface area (Å²) in [5, 5.41) is 12.0. The van der Waals surface area contributed by atoms with Gasteiger partial charge in [-0.2, -0.15) is 0 Å². The molecule has 0 saturated heterocycles. The molecule has 0 aliphatic carbocycles. The van der Waals surface area contributed by atoms with E-state index in [4.69, 9.17) is 0 Å². The average Bonchev–Trinajstić information content (AvgIpc) is 2.41. The standard InChI is InChI=1S/C14H14N2O2S/c1-16(10-6-8-11(17)9-7-10)14(18)15-12-4-2-3-5-13(12)19/h2-9,17,19H,1H3,(H,15,18). The van der Waals surface area contributed by atoms with Crippen LogP contribution in [0.2, 0.25) is 0 Å². The third-order valence-electron chi connectivity index (χ3n) is 2.69. The highest BCUT2D eigenvalue weighted by molar-refractivity contribution is 7.80. The van der Waals surface area contributed by atoms with Gasteiger partial charge in [0.05, 0.1) is 5.69 Å². The monoisotopic (exact) mass is 274 g/mol. The minimum Gasteiger partial charge on any atom is -0.508 e. The Morgan fingerprint density at radius 1 is 1.16 bits per heavy atom. The first kappa shape index (κ1) is 13.3. The van der Waals surface area contributed by atoms with Crippen molar-refractivity contribution in [3.8, 4) is 5.75 Å². The van der Waals surface area contributed by atoms with Crippen molar-refractivity contribution < 1.29 is 9.90 Å². The summed E-state index contributed by atoms with van der Waals surface area (Å²) < 4.78 is 0. The van der Waals surface area contributed by atoms with E-state index in [-0.39, 0.29) is 11.8 Å². The Morgan fingerprint density at radius 2 is 1.79 bits per heavy atom. The van der Waals surface area contributed by atoms with Gasteiger partial charge in [-0.25, -0.2) is 4.79 Å². The van der Waals surface area contributed by atoms with E-state index in [0.29, 0.717) is 16.3 Å². The predicted octanol–water partition coefficient (Wildman–Crippen LogP) is 3.35. The zero-order valence-electron chi connectivity index (χ0n) is 10.4. The summed E-state index contributed by atoms with van der Waals surface area (Å²) in [6.07, 6.45) is 0. The fourth-order valence-electron chi connectivity index (χ4n) is 1.57. The van der Waals surface area contributed by atoms with Crippen molar-refractivity contribution in [2.45, 2.75) is 4.90 Å². The van der Waals surface area contributed by atoms with Crippen LogP contribution >= 0.6 is 12.6 Å². The van der Waals surface area contributed by atoms with E-state index < -0.39 is 0 Å². The van der Waals surface area contributed by atoms with Crippen molar-refractivity contribution in [1.29, 1.82) is 0 Å². The van der Waals surface area contributed by atoms with Gasteiger partial charge in [0.2, 0.25) is 0 Å². The van der Waals surface area contributed by atoms with E-state index >= 15 is 0 Å². The molecule has 0 unspecified atom stereocenters. The predicted molar refractivity (Wildman–Crippen MR) is 79.2 cm³/mol. The molecule has 0 spiro atoms. The van der Waals surface area contributed by atoms with Gasteiger partial charge in [0.15, 0.2) is 0 Å². The molecule has 2 rings (SSSR count). The van der Waals surface area contributed by atoms with Gasteiger partial charge in [0.1, 0.15) is 5.75 Å². The Bertz CT molecular complexity index is 584. The van der Waals surface area contributed by atoms with E-state index in [0.717, 1.165) is 0 Å². The number of anilines is 2. The van der Waals surface area contributed by atoms with Gasteiger partial charge in [0, 0.05) is 17.6 Å². The molecule has 0 bridgehead atoms. The lowest BCUT2D eigenvalue weighted by Crippen LogP contribution is -2.31. The molecule has 98 valence electrons. The van der Waals surface area contributed by atoms with E-state index in [1.165, 1.54) is 17.0 Å². The summed E-state index contributed by atoms with van der Waals surface area (Å²) >= 11 is 4.28. The highest BCUT2D eigenvalue weighted by Crippen LogP contribution is 2.21. The number of rotatable bonds is 2. The number of para-hydroxylation sites is 1. The molecule has 0 aliphatic heterocycles. The SMILES string of the molecule is CN(C(=O)Nc1ccccc1S)c1ccc(O)cc1. The van der Waals surface area contributed by atoms with Gasteiger partial charge in [-0.1, -0.05) is 12.1 Å². The van der Waals surface area contributed by atoms with Crippen LogP contribution < -0.4 is 10.2 Å². The van der Waals surface area contributed by atoms with Crippen LogP contribution in [0, 0.1) is 0 Å². The molecule has 0 saturated carbocycles. The minimum atomic E-state index is -0.271. The molecule has 0 radical (unpaired) electrons. The zero-order chi connectivity index (χ0) is 13.8. The van der Waals surface area contributed by atoms with Crippen LogP contribution in [0.25, 0.3) is 0 Å². The molecule has 0 atom stereocenters. The number of aromatic hydroxyl groups is 1. The maximum Gasteiger partial charge on any atom is 0.326 e. The lowest BCUT2D eigenvalue weighted by Gasteiger charge is -2.18.